The molecule has 3 heteroatoms. The minimum atomic E-state index is 0.258. The van der Waals surface area contributed by atoms with Gasteiger partial charge in [0.05, 0.1) is 18.9 Å². The fraction of sp³-hybridized carbons (Fsp3) is 0.625. The summed E-state index contributed by atoms with van der Waals surface area (Å²) in [6, 6.07) is 2.02. The van der Waals surface area contributed by atoms with Gasteiger partial charge >= 0.3 is 0 Å². The van der Waals surface area contributed by atoms with Crippen LogP contribution in [0.5, 0.6) is 0 Å². The van der Waals surface area contributed by atoms with E-state index in [4.69, 9.17) is 10.00 Å². The van der Waals surface area contributed by atoms with Crippen LogP contribution in [0.25, 0.3) is 0 Å². The van der Waals surface area contributed by atoms with Crippen molar-refractivity contribution >= 4 is 0 Å². The molecule has 0 bridgehead atoms. The van der Waals surface area contributed by atoms with Gasteiger partial charge in [-0.05, 0) is 18.9 Å². The number of nitrogens with one attached hydrogen (secondary N) is 1. The van der Waals surface area contributed by atoms with Gasteiger partial charge in [-0.15, -0.1) is 0 Å². The van der Waals surface area contributed by atoms with E-state index in [0.717, 1.165) is 19.4 Å². The molecule has 1 unspecified atom stereocenters. The number of nitrogens with zero attached hydrogens (tertiary/aromatic N) is 1. The van der Waals surface area contributed by atoms with Crippen LogP contribution in [-0.4, -0.2) is 19.2 Å². The first-order valence-electron chi connectivity index (χ1n) is 3.81. The lowest BCUT2D eigenvalue weighted by molar-refractivity contribution is 0.123. The van der Waals surface area contributed by atoms with Crippen molar-refractivity contribution in [1.29, 1.82) is 5.26 Å². The SMILES string of the molecule is N#CCNCC1CCC=CO1. The Morgan fingerprint density at radius 2 is 2.64 bits per heavy atom. The molecule has 1 heterocycles. The molecule has 0 amide bonds. The van der Waals surface area contributed by atoms with E-state index in [-0.39, 0.29) is 6.10 Å². The Morgan fingerprint density at radius 1 is 1.73 bits per heavy atom. The Hall–Kier alpha value is -1.01. The van der Waals surface area contributed by atoms with E-state index in [2.05, 4.69) is 5.32 Å². The Kier molecular flexibility index (Phi) is 3.49. The van der Waals surface area contributed by atoms with Crippen molar-refractivity contribution in [3.8, 4) is 6.07 Å². The average molecular weight is 152 g/mol. The van der Waals surface area contributed by atoms with E-state index in [1.807, 2.05) is 12.1 Å². The van der Waals surface area contributed by atoms with Crippen molar-refractivity contribution in [2.75, 3.05) is 13.1 Å². The summed E-state index contributed by atoms with van der Waals surface area (Å²) in [6.07, 6.45) is 6.14. The molecule has 1 atom stereocenters. The second-order valence-corrected chi connectivity index (χ2v) is 2.50. The molecule has 1 rings (SSSR count). The molecule has 0 saturated heterocycles. The van der Waals surface area contributed by atoms with Crippen LogP contribution in [0.15, 0.2) is 12.3 Å². The lowest BCUT2D eigenvalue weighted by Crippen LogP contribution is -2.29. The first kappa shape index (κ1) is 8.09. The molecule has 0 aromatic rings. The van der Waals surface area contributed by atoms with Gasteiger partial charge in [-0.1, -0.05) is 0 Å². The van der Waals surface area contributed by atoms with Gasteiger partial charge in [-0.25, -0.2) is 0 Å². The van der Waals surface area contributed by atoms with Gasteiger partial charge in [-0.2, -0.15) is 5.26 Å². The van der Waals surface area contributed by atoms with Crippen LogP contribution in [0.2, 0.25) is 0 Å². The van der Waals surface area contributed by atoms with Crippen LogP contribution in [0.3, 0.4) is 0 Å². The molecule has 0 radical (unpaired) electrons. The van der Waals surface area contributed by atoms with Gasteiger partial charge in [-0.3, -0.25) is 0 Å². The lowest BCUT2D eigenvalue weighted by Gasteiger charge is -2.18. The Labute approximate surface area is 66.7 Å². The first-order chi connectivity index (χ1) is 5.43. The van der Waals surface area contributed by atoms with Crippen LogP contribution in [-0.2, 0) is 4.74 Å². The molecule has 0 fully saturated rings. The average Bonchev–Trinajstić information content (AvgIpc) is 2.07. The topological polar surface area (TPSA) is 45.0 Å². The molecule has 11 heavy (non-hydrogen) atoms. The highest BCUT2D eigenvalue weighted by Crippen LogP contribution is 2.08. The summed E-state index contributed by atoms with van der Waals surface area (Å²) < 4.78 is 5.27. The Bertz CT molecular complexity index is 171. The summed E-state index contributed by atoms with van der Waals surface area (Å²) in [6.45, 7) is 1.18. The van der Waals surface area contributed by atoms with Crippen LogP contribution in [0.1, 0.15) is 12.8 Å². The standard InChI is InChI=1S/C8H12N2O/c9-4-5-10-7-8-3-1-2-6-11-8/h2,6,8,10H,1,3,5,7H2. The number of ether oxygens (including phenoxy) is 1. The molecule has 0 aliphatic carbocycles. The maximum Gasteiger partial charge on any atom is 0.110 e. The zero-order valence-electron chi connectivity index (χ0n) is 6.42. The fourth-order valence-electron chi connectivity index (χ4n) is 1.02. The van der Waals surface area contributed by atoms with Crippen molar-refractivity contribution in [2.45, 2.75) is 18.9 Å². The summed E-state index contributed by atoms with van der Waals surface area (Å²) in [4.78, 5) is 0. The van der Waals surface area contributed by atoms with Crippen molar-refractivity contribution in [1.82, 2.24) is 5.32 Å². The van der Waals surface area contributed by atoms with Gasteiger partial charge in [0.25, 0.3) is 0 Å². The molecule has 1 aliphatic heterocycles. The summed E-state index contributed by atoms with van der Waals surface area (Å²) in [5.74, 6) is 0. The molecule has 3 nitrogen and oxygen atoms in total. The number of hydrogen-bond donors (Lipinski definition) is 1. The number of hydrogen-bond acceptors (Lipinski definition) is 3. The smallest absolute Gasteiger partial charge is 0.110 e. The normalized spacial score (nSPS) is 22.3. The monoisotopic (exact) mass is 152 g/mol. The maximum atomic E-state index is 8.23. The van der Waals surface area contributed by atoms with Gasteiger partial charge < -0.3 is 10.1 Å². The van der Waals surface area contributed by atoms with Crippen LogP contribution in [0.4, 0.5) is 0 Å². The van der Waals surface area contributed by atoms with Gasteiger partial charge in [0, 0.05) is 6.54 Å². The Morgan fingerprint density at radius 3 is 3.27 bits per heavy atom. The molecule has 1 aliphatic rings. The summed E-state index contributed by atoms with van der Waals surface area (Å²) >= 11 is 0. The first-order valence-corrected chi connectivity index (χ1v) is 3.81. The lowest BCUT2D eigenvalue weighted by atomic mass is 10.1. The molecule has 0 saturated carbocycles. The summed E-state index contributed by atoms with van der Waals surface area (Å²) in [5.41, 5.74) is 0. The number of nitriles is 1. The van der Waals surface area contributed by atoms with Crippen molar-refractivity contribution in [2.24, 2.45) is 0 Å². The highest BCUT2D eigenvalue weighted by atomic mass is 16.5. The zero-order chi connectivity index (χ0) is 7.94. The van der Waals surface area contributed by atoms with Crippen LogP contribution in [0, 0.1) is 11.3 Å². The quantitative estimate of drug-likeness (QED) is 0.480. The number of allylic oxidation sites excluding steroid dienone is 1. The molecule has 60 valence electrons. The van der Waals surface area contributed by atoms with E-state index >= 15 is 0 Å². The third kappa shape index (κ3) is 3.06. The molecule has 0 aromatic heterocycles. The molecule has 0 aromatic carbocycles. The highest BCUT2D eigenvalue weighted by molar-refractivity contribution is 4.84. The van der Waals surface area contributed by atoms with Crippen molar-refractivity contribution in [3.63, 3.8) is 0 Å². The summed E-state index contributed by atoms with van der Waals surface area (Å²) in [7, 11) is 0. The minimum absolute atomic E-state index is 0.258. The maximum absolute atomic E-state index is 8.23. The van der Waals surface area contributed by atoms with E-state index in [9.17, 15) is 0 Å². The van der Waals surface area contributed by atoms with Crippen molar-refractivity contribution in [3.05, 3.63) is 12.3 Å². The summed E-state index contributed by atoms with van der Waals surface area (Å²) in [5, 5.41) is 11.2. The predicted molar refractivity (Wildman–Crippen MR) is 41.7 cm³/mol. The Balaban J connectivity index is 2.07. The molecule has 0 spiro atoms. The van der Waals surface area contributed by atoms with Crippen molar-refractivity contribution < 1.29 is 4.74 Å². The fourth-order valence-corrected chi connectivity index (χ4v) is 1.02. The second kappa shape index (κ2) is 4.75. The van der Waals surface area contributed by atoms with E-state index < -0.39 is 0 Å². The van der Waals surface area contributed by atoms with Gasteiger partial charge in [0.2, 0.25) is 0 Å². The van der Waals surface area contributed by atoms with Gasteiger partial charge in [0.1, 0.15) is 6.10 Å². The molecule has 1 N–H and O–H groups in total. The molecular formula is C8H12N2O. The van der Waals surface area contributed by atoms with Crippen LogP contribution >= 0.6 is 0 Å². The van der Waals surface area contributed by atoms with E-state index in [1.54, 1.807) is 6.26 Å². The molecular weight excluding hydrogens is 140 g/mol. The number of rotatable bonds is 3. The third-order valence-electron chi connectivity index (χ3n) is 1.60. The predicted octanol–water partition coefficient (Wildman–Crippen LogP) is 0.792. The highest BCUT2D eigenvalue weighted by Gasteiger charge is 2.08. The van der Waals surface area contributed by atoms with Crippen LogP contribution < -0.4 is 5.32 Å². The largest absolute Gasteiger partial charge is 0.497 e. The second-order valence-electron chi connectivity index (χ2n) is 2.50. The zero-order valence-corrected chi connectivity index (χ0v) is 6.42. The minimum Gasteiger partial charge on any atom is -0.497 e. The van der Waals surface area contributed by atoms with E-state index in [0.29, 0.717) is 6.54 Å². The third-order valence-corrected chi connectivity index (χ3v) is 1.60. The van der Waals surface area contributed by atoms with E-state index in [1.165, 1.54) is 0 Å². The van der Waals surface area contributed by atoms with Gasteiger partial charge in [0.15, 0.2) is 0 Å².